The summed E-state index contributed by atoms with van der Waals surface area (Å²) in [4.78, 5) is 0. The molecule has 0 fully saturated rings. The molecule has 2 aromatic carbocycles. The minimum absolute atomic E-state index is 1.06. The molecular weight excluding hydrogens is 156 g/mol. The van der Waals surface area contributed by atoms with Gasteiger partial charge in [0, 0.05) is 0 Å². The van der Waals surface area contributed by atoms with Crippen LogP contribution < -0.4 is 0 Å². The predicted octanol–water partition coefficient (Wildman–Crippen LogP) is 3.51. The Hall–Kier alpha value is -1.30. The highest BCUT2D eigenvalue weighted by molar-refractivity contribution is 5.85. The highest BCUT2D eigenvalue weighted by Crippen LogP contribution is 2.19. The first-order chi connectivity index (χ1) is 6.31. The summed E-state index contributed by atoms with van der Waals surface area (Å²) in [5.74, 6) is 0. The van der Waals surface area contributed by atoms with E-state index in [0.29, 0.717) is 0 Å². The van der Waals surface area contributed by atoms with E-state index in [1.165, 1.54) is 21.9 Å². The van der Waals surface area contributed by atoms with E-state index in [9.17, 15) is 0 Å². The van der Waals surface area contributed by atoms with Gasteiger partial charge in [0.2, 0.25) is 0 Å². The van der Waals surface area contributed by atoms with Crippen LogP contribution in [0.15, 0.2) is 30.3 Å². The molecule has 0 heterocycles. The quantitative estimate of drug-likeness (QED) is 0.612. The van der Waals surface area contributed by atoms with Crippen molar-refractivity contribution < 1.29 is 0 Å². The van der Waals surface area contributed by atoms with Gasteiger partial charge in [-0.25, -0.2) is 0 Å². The Labute approximate surface area is 79.2 Å². The molecule has 0 aliphatic carbocycles. The summed E-state index contributed by atoms with van der Waals surface area (Å²) in [6.07, 6.45) is 1.06. The number of rotatable bonds is 1. The molecule has 0 saturated heterocycles. The minimum Gasteiger partial charge on any atom is -0.0616 e. The largest absolute Gasteiger partial charge is 0.0616 e. The lowest BCUT2D eigenvalue weighted by atomic mass is 10.0. The van der Waals surface area contributed by atoms with Gasteiger partial charge in [0.05, 0.1) is 0 Å². The van der Waals surface area contributed by atoms with E-state index in [1.54, 1.807) is 0 Å². The van der Waals surface area contributed by atoms with Crippen LogP contribution in [0.4, 0.5) is 0 Å². The molecule has 0 aromatic heterocycles. The third-order valence-electron chi connectivity index (χ3n) is 2.42. The Balaban J connectivity index is 2.77. The molecule has 0 aliphatic heterocycles. The third-order valence-corrected chi connectivity index (χ3v) is 2.42. The zero-order valence-corrected chi connectivity index (χ0v) is 8.09. The standard InChI is InChI=1S/C13H13/c1-3-11-8-10(2)13-7-5-4-6-12(13)9-11/h4-8H,3H2,1-2H3. The lowest BCUT2D eigenvalue weighted by Crippen LogP contribution is -1.85. The van der Waals surface area contributed by atoms with Crippen LogP contribution in [0.3, 0.4) is 0 Å². The van der Waals surface area contributed by atoms with E-state index in [0.717, 1.165) is 6.42 Å². The van der Waals surface area contributed by atoms with Crippen LogP contribution in [-0.4, -0.2) is 0 Å². The maximum absolute atomic E-state index is 3.42. The normalized spacial score (nSPS) is 10.6. The van der Waals surface area contributed by atoms with Gasteiger partial charge in [-0.3, -0.25) is 0 Å². The van der Waals surface area contributed by atoms with Crippen LogP contribution in [0.2, 0.25) is 0 Å². The Morgan fingerprint density at radius 3 is 2.77 bits per heavy atom. The van der Waals surface area contributed by atoms with Crippen molar-refractivity contribution in [2.24, 2.45) is 0 Å². The van der Waals surface area contributed by atoms with Crippen LogP contribution in [0.1, 0.15) is 18.1 Å². The predicted molar refractivity (Wildman–Crippen MR) is 56.9 cm³/mol. The van der Waals surface area contributed by atoms with Crippen molar-refractivity contribution in [2.45, 2.75) is 20.3 Å². The lowest BCUT2D eigenvalue weighted by Gasteiger charge is -2.04. The van der Waals surface area contributed by atoms with E-state index in [-0.39, 0.29) is 0 Å². The van der Waals surface area contributed by atoms with Crippen molar-refractivity contribution in [3.8, 4) is 0 Å². The number of hydrogen-bond acceptors (Lipinski definition) is 0. The van der Waals surface area contributed by atoms with Gasteiger partial charge in [-0.1, -0.05) is 37.3 Å². The van der Waals surface area contributed by atoms with Gasteiger partial charge in [0.15, 0.2) is 0 Å². The number of fused-ring (bicyclic) bond motifs is 1. The minimum atomic E-state index is 1.06. The Morgan fingerprint density at radius 1 is 1.23 bits per heavy atom. The maximum Gasteiger partial charge on any atom is -0.00642 e. The summed E-state index contributed by atoms with van der Waals surface area (Å²) < 4.78 is 0. The van der Waals surface area contributed by atoms with Crippen molar-refractivity contribution in [1.29, 1.82) is 0 Å². The summed E-state index contributed by atoms with van der Waals surface area (Å²) in [6.45, 7) is 4.33. The van der Waals surface area contributed by atoms with Crippen LogP contribution in [-0.2, 0) is 6.42 Å². The zero-order valence-electron chi connectivity index (χ0n) is 8.09. The van der Waals surface area contributed by atoms with Gasteiger partial charge in [0.25, 0.3) is 0 Å². The molecule has 0 saturated carbocycles. The van der Waals surface area contributed by atoms with Gasteiger partial charge >= 0.3 is 0 Å². The van der Waals surface area contributed by atoms with Crippen LogP contribution in [0, 0.1) is 13.0 Å². The second kappa shape index (κ2) is 3.21. The summed E-state index contributed by atoms with van der Waals surface area (Å²) in [5.41, 5.74) is 2.66. The van der Waals surface area contributed by atoms with E-state index >= 15 is 0 Å². The zero-order chi connectivity index (χ0) is 9.26. The second-order valence-corrected chi connectivity index (χ2v) is 3.38. The molecule has 65 valence electrons. The van der Waals surface area contributed by atoms with E-state index in [2.05, 4.69) is 50.2 Å². The van der Waals surface area contributed by atoms with Crippen LogP contribution in [0.25, 0.3) is 10.8 Å². The van der Waals surface area contributed by atoms with Crippen molar-refractivity contribution in [2.75, 3.05) is 0 Å². The van der Waals surface area contributed by atoms with Crippen LogP contribution >= 0.6 is 0 Å². The van der Waals surface area contributed by atoms with Crippen LogP contribution in [0.5, 0.6) is 0 Å². The molecule has 0 spiro atoms. The SMILES string of the molecule is CCc1[c]c2ccccc2c(C)c1. The average molecular weight is 169 g/mol. The first kappa shape index (κ1) is 8.31. The van der Waals surface area contributed by atoms with Gasteiger partial charge in [0.1, 0.15) is 0 Å². The highest BCUT2D eigenvalue weighted by Gasteiger charge is 1.98. The van der Waals surface area contributed by atoms with Gasteiger partial charge < -0.3 is 0 Å². The van der Waals surface area contributed by atoms with E-state index < -0.39 is 0 Å². The third kappa shape index (κ3) is 1.44. The molecule has 0 atom stereocenters. The van der Waals surface area contributed by atoms with E-state index in [4.69, 9.17) is 0 Å². The first-order valence-electron chi connectivity index (χ1n) is 4.72. The molecule has 0 heteroatoms. The number of benzene rings is 2. The Kier molecular flexibility index (Phi) is 2.05. The topological polar surface area (TPSA) is 0 Å². The molecule has 0 N–H and O–H groups in total. The molecule has 2 aromatic rings. The molecule has 0 amide bonds. The molecule has 1 radical (unpaired) electrons. The molecule has 0 bridgehead atoms. The maximum atomic E-state index is 3.42. The van der Waals surface area contributed by atoms with Crippen molar-refractivity contribution in [3.63, 3.8) is 0 Å². The first-order valence-corrected chi connectivity index (χ1v) is 4.72. The average Bonchev–Trinajstić information content (AvgIpc) is 2.18. The van der Waals surface area contributed by atoms with Crippen molar-refractivity contribution in [3.05, 3.63) is 47.5 Å². The number of aryl methyl sites for hydroxylation is 2. The van der Waals surface area contributed by atoms with E-state index in [1.807, 2.05) is 0 Å². The Morgan fingerprint density at radius 2 is 2.00 bits per heavy atom. The smallest absolute Gasteiger partial charge is 0.00642 e. The van der Waals surface area contributed by atoms with Gasteiger partial charge in [-0.15, -0.1) is 0 Å². The summed E-state index contributed by atoms with van der Waals surface area (Å²) in [6, 6.07) is 14.1. The monoisotopic (exact) mass is 169 g/mol. The summed E-state index contributed by atoms with van der Waals surface area (Å²) in [5, 5.41) is 2.55. The number of hydrogen-bond donors (Lipinski definition) is 0. The van der Waals surface area contributed by atoms with Gasteiger partial charge in [-0.05, 0) is 41.3 Å². The van der Waals surface area contributed by atoms with Gasteiger partial charge in [-0.2, -0.15) is 0 Å². The molecule has 0 nitrogen and oxygen atoms in total. The molecule has 0 aliphatic rings. The Bertz CT molecular complexity index is 427. The van der Waals surface area contributed by atoms with Crippen molar-refractivity contribution >= 4 is 10.8 Å². The fourth-order valence-corrected chi connectivity index (χ4v) is 1.67. The summed E-state index contributed by atoms with van der Waals surface area (Å²) in [7, 11) is 0. The van der Waals surface area contributed by atoms with Crippen molar-refractivity contribution in [1.82, 2.24) is 0 Å². The molecule has 2 rings (SSSR count). The molecule has 0 unspecified atom stereocenters. The molecular formula is C13H13. The lowest BCUT2D eigenvalue weighted by molar-refractivity contribution is 1.14. The molecule has 13 heavy (non-hydrogen) atoms. The highest BCUT2D eigenvalue weighted by atomic mass is 14.0. The fraction of sp³-hybridized carbons (Fsp3) is 0.231. The fourth-order valence-electron chi connectivity index (χ4n) is 1.67. The second-order valence-electron chi connectivity index (χ2n) is 3.38. The summed E-state index contributed by atoms with van der Waals surface area (Å²) >= 11 is 0.